The lowest BCUT2D eigenvalue weighted by Crippen LogP contribution is -2.48. The van der Waals surface area contributed by atoms with Gasteiger partial charge in [-0.1, -0.05) is 63.3 Å². The van der Waals surface area contributed by atoms with Crippen LogP contribution in [0.5, 0.6) is 0 Å². The summed E-state index contributed by atoms with van der Waals surface area (Å²) in [5.74, 6) is 2.56. The summed E-state index contributed by atoms with van der Waals surface area (Å²) in [4.78, 5) is 0. The van der Waals surface area contributed by atoms with Crippen molar-refractivity contribution >= 4 is 31.8 Å². The molecule has 2 aliphatic rings. The molecule has 0 N–H and O–H groups in total. The molecule has 1 aromatic rings. The van der Waals surface area contributed by atoms with E-state index in [0.717, 1.165) is 6.42 Å². The Morgan fingerprint density at radius 1 is 1.12 bits per heavy atom. The molecule has 3 rings (SSSR count). The largest absolute Gasteiger partial charge is 0.410 e. The lowest BCUT2D eigenvalue weighted by atomic mass is 9.95. The lowest BCUT2D eigenvalue weighted by molar-refractivity contribution is -0.108. The first-order valence-electron chi connectivity index (χ1n) is 12.1. The molecule has 2 atom stereocenters. The number of ether oxygens (including phenoxy) is 3. The maximum atomic E-state index is 7.02. The van der Waals surface area contributed by atoms with Gasteiger partial charge in [0.25, 0.3) is 0 Å². The average Bonchev–Trinajstić information content (AvgIpc) is 3.43. The first kappa shape index (κ1) is 27.3. The van der Waals surface area contributed by atoms with Crippen LogP contribution >= 0.6 is 23.5 Å². The first-order chi connectivity index (χ1) is 15.6. The molecule has 0 amide bonds. The van der Waals surface area contributed by atoms with E-state index >= 15 is 0 Å². The topological polar surface area (TPSA) is 36.9 Å². The number of rotatable bonds is 11. The zero-order valence-corrected chi connectivity index (χ0v) is 23.8. The SMILES string of the molecule is CC1(C[C@H](C2OCCO2)[C@@H](/C=C/COCc2ccccc2)O[Si](C)(C)C(C)(C)C)SCCS1. The minimum atomic E-state index is -2.00. The maximum absolute atomic E-state index is 7.02. The highest BCUT2D eigenvalue weighted by Crippen LogP contribution is 2.50. The third kappa shape index (κ3) is 8.12. The van der Waals surface area contributed by atoms with Crippen molar-refractivity contribution in [2.24, 2.45) is 5.92 Å². The summed E-state index contributed by atoms with van der Waals surface area (Å²) >= 11 is 4.12. The Morgan fingerprint density at radius 3 is 2.36 bits per heavy atom. The van der Waals surface area contributed by atoms with E-state index in [9.17, 15) is 0 Å². The number of benzene rings is 1. The highest BCUT2D eigenvalue weighted by molar-refractivity contribution is 8.21. The van der Waals surface area contributed by atoms with Gasteiger partial charge in [0.05, 0.1) is 36.6 Å². The first-order valence-corrected chi connectivity index (χ1v) is 16.9. The molecule has 0 unspecified atom stereocenters. The predicted octanol–water partition coefficient (Wildman–Crippen LogP) is 6.73. The second-order valence-corrected chi connectivity index (χ2v) is 18.8. The van der Waals surface area contributed by atoms with Crippen LogP contribution in [0, 0.1) is 5.92 Å². The molecule has 0 bridgehead atoms. The van der Waals surface area contributed by atoms with Crippen LogP contribution in [-0.2, 0) is 25.2 Å². The van der Waals surface area contributed by atoms with Gasteiger partial charge in [-0.05, 0) is 37.0 Å². The quantitative estimate of drug-likeness (QED) is 0.187. The fourth-order valence-electron chi connectivity index (χ4n) is 3.89. The molecule has 1 aromatic carbocycles. The van der Waals surface area contributed by atoms with E-state index in [0.29, 0.717) is 26.4 Å². The zero-order chi connectivity index (χ0) is 24.0. The van der Waals surface area contributed by atoms with Crippen LogP contribution in [0.15, 0.2) is 42.5 Å². The van der Waals surface area contributed by atoms with E-state index in [4.69, 9.17) is 18.6 Å². The summed E-state index contributed by atoms with van der Waals surface area (Å²) in [6.07, 6.45) is 5.07. The molecule has 4 nitrogen and oxygen atoms in total. The molecule has 33 heavy (non-hydrogen) atoms. The third-order valence-corrected chi connectivity index (χ3v) is 14.6. The molecule has 2 saturated heterocycles. The second kappa shape index (κ2) is 12.1. The minimum absolute atomic E-state index is 0.0621. The second-order valence-electron chi connectivity index (χ2n) is 10.6. The monoisotopic (exact) mass is 510 g/mol. The van der Waals surface area contributed by atoms with Crippen molar-refractivity contribution in [2.45, 2.75) is 75.3 Å². The van der Waals surface area contributed by atoms with Crippen molar-refractivity contribution in [3.63, 3.8) is 0 Å². The number of hydrogen-bond acceptors (Lipinski definition) is 6. The molecule has 0 saturated carbocycles. The van der Waals surface area contributed by atoms with E-state index in [2.05, 4.69) is 88.6 Å². The highest BCUT2D eigenvalue weighted by Gasteiger charge is 2.45. The van der Waals surface area contributed by atoms with Gasteiger partial charge in [-0.2, -0.15) is 0 Å². The van der Waals surface area contributed by atoms with E-state index < -0.39 is 8.32 Å². The smallest absolute Gasteiger partial charge is 0.192 e. The lowest BCUT2D eigenvalue weighted by Gasteiger charge is -2.42. The molecule has 2 aliphatic heterocycles. The van der Waals surface area contributed by atoms with E-state index in [1.807, 2.05) is 18.2 Å². The summed E-state index contributed by atoms with van der Waals surface area (Å²) in [6, 6.07) is 10.3. The van der Waals surface area contributed by atoms with Crippen LogP contribution in [-0.4, -0.2) is 56.1 Å². The fourth-order valence-corrected chi connectivity index (χ4v) is 8.16. The molecule has 0 spiro atoms. The predicted molar refractivity (Wildman–Crippen MR) is 144 cm³/mol. The van der Waals surface area contributed by atoms with Gasteiger partial charge in [0.15, 0.2) is 14.6 Å². The van der Waals surface area contributed by atoms with Gasteiger partial charge in [-0.15, -0.1) is 23.5 Å². The van der Waals surface area contributed by atoms with Crippen molar-refractivity contribution < 1.29 is 18.6 Å². The van der Waals surface area contributed by atoms with Crippen LogP contribution in [0.4, 0.5) is 0 Å². The summed E-state index contributed by atoms with van der Waals surface area (Å²) in [7, 11) is -2.00. The van der Waals surface area contributed by atoms with Crippen molar-refractivity contribution in [2.75, 3.05) is 31.3 Å². The zero-order valence-electron chi connectivity index (χ0n) is 21.2. The molecule has 0 aliphatic carbocycles. The molecular weight excluding hydrogens is 469 g/mol. The van der Waals surface area contributed by atoms with Crippen LogP contribution in [0.2, 0.25) is 18.1 Å². The summed E-state index contributed by atoms with van der Waals surface area (Å²) in [5.41, 5.74) is 1.19. The van der Waals surface area contributed by atoms with Gasteiger partial charge in [0.1, 0.15) is 0 Å². The Hall–Kier alpha value is -0.283. The minimum Gasteiger partial charge on any atom is -0.410 e. The van der Waals surface area contributed by atoms with Gasteiger partial charge in [-0.3, -0.25) is 0 Å². The fraction of sp³-hybridized carbons (Fsp3) is 0.692. The summed E-state index contributed by atoms with van der Waals surface area (Å²) < 4.78 is 25.2. The molecule has 0 aromatic heterocycles. The van der Waals surface area contributed by atoms with Gasteiger partial charge in [0, 0.05) is 17.4 Å². The van der Waals surface area contributed by atoms with E-state index in [-0.39, 0.29) is 27.4 Å². The number of hydrogen-bond donors (Lipinski definition) is 0. The summed E-state index contributed by atoms with van der Waals surface area (Å²) in [5, 5.41) is 0.131. The van der Waals surface area contributed by atoms with Crippen LogP contribution in [0.3, 0.4) is 0 Å². The Morgan fingerprint density at radius 2 is 1.76 bits per heavy atom. The van der Waals surface area contributed by atoms with E-state index in [1.54, 1.807) is 0 Å². The molecule has 2 fully saturated rings. The highest BCUT2D eigenvalue weighted by atomic mass is 32.2. The van der Waals surface area contributed by atoms with E-state index in [1.165, 1.54) is 17.1 Å². The Bertz CT molecular complexity index is 738. The van der Waals surface area contributed by atoms with Gasteiger partial charge >= 0.3 is 0 Å². The van der Waals surface area contributed by atoms with Crippen molar-refractivity contribution in [1.29, 1.82) is 0 Å². The Labute approximate surface area is 210 Å². The molecule has 0 radical (unpaired) electrons. The Kier molecular flexibility index (Phi) is 10.0. The summed E-state index contributed by atoms with van der Waals surface area (Å²) in [6.45, 7) is 16.4. The third-order valence-electron chi connectivity index (χ3n) is 6.81. The standard InChI is InChI=1S/C26H42O4S2Si/c1-25(2,3)33(5,6)30-23(13-10-14-27-20-21-11-8-7-9-12-21)22(24-28-15-16-29-24)19-26(4)31-17-18-32-26/h7-13,22-24H,14-20H2,1-6H3/b13-10+/t22-,23+/m0/s1. The van der Waals surface area contributed by atoms with Gasteiger partial charge in [0.2, 0.25) is 0 Å². The van der Waals surface area contributed by atoms with Gasteiger partial charge < -0.3 is 18.6 Å². The van der Waals surface area contributed by atoms with Crippen molar-refractivity contribution in [3.8, 4) is 0 Å². The van der Waals surface area contributed by atoms with Crippen LogP contribution in [0.1, 0.15) is 39.7 Å². The maximum Gasteiger partial charge on any atom is 0.192 e. The normalized spacial score (nSPS) is 21.6. The molecule has 186 valence electrons. The van der Waals surface area contributed by atoms with Crippen molar-refractivity contribution in [1.82, 2.24) is 0 Å². The molecular formula is C26H42O4S2Si. The molecule has 2 heterocycles. The number of thioether (sulfide) groups is 2. The van der Waals surface area contributed by atoms with Crippen LogP contribution in [0.25, 0.3) is 0 Å². The average molecular weight is 511 g/mol. The Balaban J connectivity index is 1.75. The van der Waals surface area contributed by atoms with Crippen LogP contribution < -0.4 is 0 Å². The van der Waals surface area contributed by atoms with Gasteiger partial charge in [-0.25, -0.2) is 0 Å². The van der Waals surface area contributed by atoms with Crippen molar-refractivity contribution in [3.05, 3.63) is 48.0 Å². The molecule has 7 heteroatoms.